The highest BCUT2D eigenvalue weighted by Gasteiger charge is 2.26. The summed E-state index contributed by atoms with van der Waals surface area (Å²) in [5.41, 5.74) is 2.11. The number of carbonyl (C=O) groups is 1. The van der Waals surface area contributed by atoms with Gasteiger partial charge < -0.3 is 9.80 Å². The van der Waals surface area contributed by atoms with Crippen molar-refractivity contribution >= 4 is 5.91 Å². The molecule has 4 nitrogen and oxygen atoms in total. The Hall–Kier alpha value is -1.39. The number of aryl methyl sites for hydroxylation is 1. The topological polar surface area (TPSA) is 26.8 Å². The second-order valence-corrected chi connectivity index (χ2v) is 7.27. The first-order valence-corrected chi connectivity index (χ1v) is 9.48. The fourth-order valence-corrected chi connectivity index (χ4v) is 3.87. The third kappa shape index (κ3) is 4.17. The van der Waals surface area contributed by atoms with E-state index in [0.717, 1.165) is 44.7 Å². The molecule has 0 N–H and O–H groups in total. The molecular weight excluding hydrogens is 298 g/mol. The zero-order chi connectivity index (χ0) is 16.9. The number of benzene rings is 1. The van der Waals surface area contributed by atoms with E-state index in [4.69, 9.17) is 0 Å². The number of hydrogen-bond acceptors (Lipinski definition) is 3. The third-order valence-electron chi connectivity index (χ3n) is 5.66. The standard InChI is InChI=1S/C20H31N3O/c1-3-17-7-9-18(10-8-17)20(24)23-14-12-22(13-15-23)16-19-6-4-5-11-21(19)2/h7-10,19H,3-6,11-16H2,1-2H3/t19-/m0/s1. The Morgan fingerprint density at radius 1 is 1.04 bits per heavy atom. The molecule has 4 heteroatoms. The van der Waals surface area contributed by atoms with Crippen LogP contribution in [0.3, 0.4) is 0 Å². The Kier molecular flexibility index (Phi) is 5.90. The van der Waals surface area contributed by atoms with E-state index < -0.39 is 0 Å². The van der Waals surface area contributed by atoms with E-state index in [2.05, 4.69) is 35.9 Å². The lowest BCUT2D eigenvalue weighted by Gasteiger charge is -2.40. The average Bonchev–Trinajstić information content (AvgIpc) is 2.64. The number of piperidine rings is 1. The summed E-state index contributed by atoms with van der Waals surface area (Å²) in [5, 5.41) is 0. The number of rotatable bonds is 4. The molecule has 132 valence electrons. The molecule has 2 fully saturated rings. The summed E-state index contributed by atoms with van der Waals surface area (Å²) in [6, 6.07) is 8.79. The molecule has 2 aliphatic heterocycles. The smallest absolute Gasteiger partial charge is 0.253 e. The minimum absolute atomic E-state index is 0.187. The van der Waals surface area contributed by atoms with Crippen LogP contribution in [0.25, 0.3) is 0 Å². The van der Waals surface area contributed by atoms with Gasteiger partial charge in [-0.05, 0) is 50.6 Å². The van der Waals surface area contributed by atoms with Crippen molar-refractivity contribution < 1.29 is 4.79 Å². The quantitative estimate of drug-likeness (QED) is 0.849. The second kappa shape index (κ2) is 8.13. The van der Waals surface area contributed by atoms with Crippen molar-refractivity contribution in [2.24, 2.45) is 0 Å². The maximum Gasteiger partial charge on any atom is 0.253 e. The van der Waals surface area contributed by atoms with Crippen LogP contribution < -0.4 is 0 Å². The molecule has 1 aromatic rings. The van der Waals surface area contributed by atoms with E-state index in [1.165, 1.54) is 31.4 Å². The molecule has 0 aliphatic carbocycles. The molecule has 0 bridgehead atoms. The van der Waals surface area contributed by atoms with Crippen molar-refractivity contribution in [3.05, 3.63) is 35.4 Å². The molecule has 2 aliphatic rings. The highest BCUT2D eigenvalue weighted by atomic mass is 16.2. The van der Waals surface area contributed by atoms with Crippen LogP contribution in [0.5, 0.6) is 0 Å². The summed E-state index contributed by atoms with van der Waals surface area (Å²) in [6.07, 6.45) is 5.04. The van der Waals surface area contributed by atoms with Crippen LogP contribution in [0, 0.1) is 0 Å². The van der Waals surface area contributed by atoms with Gasteiger partial charge in [-0.1, -0.05) is 25.5 Å². The van der Waals surface area contributed by atoms with Crippen molar-refractivity contribution in [1.29, 1.82) is 0 Å². The van der Waals surface area contributed by atoms with Crippen LogP contribution in [-0.2, 0) is 6.42 Å². The lowest BCUT2D eigenvalue weighted by molar-refractivity contribution is 0.0565. The second-order valence-electron chi connectivity index (χ2n) is 7.27. The van der Waals surface area contributed by atoms with Gasteiger partial charge in [-0.15, -0.1) is 0 Å². The molecule has 0 radical (unpaired) electrons. The molecule has 1 aromatic carbocycles. The molecule has 0 aromatic heterocycles. The predicted molar refractivity (Wildman–Crippen MR) is 98.4 cm³/mol. The highest BCUT2D eigenvalue weighted by molar-refractivity contribution is 5.94. The van der Waals surface area contributed by atoms with Crippen LogP contribution in [0.4, 0.5) is 0 Å². The van der Waals surface area contributed by atoms with E-state index in [1.807, 2.05) is 17.0 Å². The van der Waals surface area contributed by atoms with Crippen LogP contribution in [0.2, 0.25) is 0 Å². The van der Waals surface area contributed by atoms with Gasteiger partial charge in [0.1, 0.15) is 0 Å². The molecular formula is C20H31N3O. The molecule has 3 rings (SSSR count). The summed E-state index contributed by atoms with van der Waals surface area (Å²) >= 11 is 0. The fourth-order valence-electron chi connectivity index (χ4n) is 3.87. The van der Waals surface area contributed by atoms with Gasteiger partial charge in [-0.25, -0.2) is 0 Å². The largest absolute Gasteiger partial charge is 0.336 e. The average molecular weight is 329 g/mol. The number of carbonyl (C=O) groups excluding carboxylic acids is 1. The monoisotopic (exact) mass is 329 g/mol. The van der Waals surface area contributed by atoms with Crippen LogP contribution in [0.1, 0.15) is 42.1 Å². The van der Waals surface area contributed by atoms with Gasteiger partial charge in [0, 0.05) is 44.3 Å². The predicted octanol–water partition coefficient (Wildman–Crippen LogP) is 2.49. The van der Waals surface area contributed by atoms with E-state index in [0.29, 0.717) is 6.04 Å². The van der Waals surface area contributed by atoms with Gasteiger partial charge in [0.25, 0.3) is 5.91 Å². The van der Waals surface area contributed by atoms with Crippen molar-refractivity contribution in [2.45, 2.75) is 38.6 Å². The molecule has 0 saturated carbocycles. The van der Waals surface area contributed by atoms with Gasteiger partial charge in [0.15, 0.2) is 0 Å². The van der Waals surface area contributed by atoms with E-state index in [1.54, 1.807) is 0 Å². The van der Waals surface area contributed by atoms with Crippen LogP contribution in [-0.4, -0.2) is 73.0 Å². The minimum Gasteiger partial charge on any atom is -0.336 e. The summed E-state index contributed by atoms with van der Waals surface area (Å²) < 4.78 is 0. The first kappa shape index (κ1) is 17.4. The summed E-state index contributed by atoms with van der Waals surface area (Å²) in [7, 11) is 2.25. The molecule has 1 atom stereocenters. The summed E-state index contributed by atoms with van der Waals surface area (Å²) in [6.45, 7) is 8.24. The van der Waals surface area contributed by atoms with E-state index in [-0.39, 0.29) is 5.91 Å². The Morgan fingerprint density at radius 3 is 2.38 bits per heavy atom. The molecule has 0 spiro atoms. The minimum atomic E-state index is 0.187. The SMILES string of the molecule is CCc1ccc(C(=O)N2CCN(C[C@@H]3CCCCN3C)CC2)cc1. The highest BCUT2D eigenvalue weighted by Crippen LogP contribution is 2.17. The maximum atomic E-state index is 12.6. The van der Waals surface area contributed by atoms with Crippen LogP contribution >= 0.6 is 0 Å². The zero-order valence-corrected chi connectivity index (χ0v) is 15.2. The van der Waals surface area contributed by atoms with Gasteiger partial charge in [0.05, 0.1) is 0 Å². The summed E-state index contributed by atoms with van der Waals surface area (Å²) in [4.78, 5) is 19.7. The van der Waals surface area contributed by atoms with Gasteiger partial charge in [0.2, 0.25) is 0 Å². The van der Waals surface area contributed by atoms with Gasteiger partial charge >= 0.3 is 0 Å². The van der Waals surface area contributed by atoms with Gasteiger partial charge in [-0.3, -0.25) is 9.69 Å². The lowest BCUT2D eigenvalue weighted by Crippen LogP contribution is -2.53. The first-order valence-electron chi connectivity index (χ1n) is 9.48. The van der Waals surface area contributed by atoms with Crippen molar-refractivity contribution in [2.75, 3.05) is 46.3 Å². The molecule has 24 heavy (non-hydrogen) atoms. The number of likely N-dealkylation sites (tertiary alicyclic amines) is 1. The molecule has 1 amide bonds. The van der Waals surface area contributed by atoms with Gasteiger partial charge in [-0.2, -0.15) is 0 Å². The third-order valence-corrected chi connectivity index (χ3v) is 5.66. The number of amides is 1. The molecule has 2 heterocycles. The van der Waals surface area contributed by atoms with E-state index in [9.17, 15) is 4.79 Å². The Bertz CT molecular complexity index is 534. The molecule has 0 unspecified atom stereocenters. The van der Waals surface area contributed by atoms with Crippen molar-refractivity contribution in [3.63, 3.8) is 0 Å². The fraction of sp³-hybridized carbons (Fsp3) is 0.650. The zero-order valence-electron chi connectivity index (χ0n) is 15.2. The Balaban J connectivity index is 1.49. The number of hydrogen-bond donors (Lipinski definition) is 0. The lowest BCUT2D eigenvalue weighted by atomic mass is 10.0. The number of likely N-dealkylation sites (N-methyl/N-ethyl adjacent to an activating group) is 1. The number of piperazine rings is 1. The van der Waals surface area contributed by atoms with Crippen LogP contribution in [0.15, 0.2) is 24.3 Å². The first-order chi connectivity index (χ1) is 11.7. The Labute approximate surface area is 146 Å². The molecule has 2 saturated heterocycles. The number of nitrogens with zero attached hydrogens (tertiary/aromatic N) is 3. The normalized spacial score (nSPS) is 23.4. The van der Waals surface area contributed by atoms with E-state index >= 15 is 0 Å². The Morgan fingerprint density at radius 2 is 1.75 bits per heavy atom. The summed E-state index contributed by atoms with van der Waals surface area (Å²) in [5.74, 6) is 0.187. The maximum absolute atomic E-state index is 12.6. The van der Waals surface area contributed by atoms with Crippen molar-refractivity contribution in [3.8, 4) is 0 Å². The van der Waals surface area contributed by atoms with Crippen molar-refractivity contribution in [1.82, 2.24) is 14.7 Å².